The summed E-state index contributed by atoms with van der Waals surface area (Å²) in [6.45, 7) is 1.02. The van der Waals surface area contributed by atoms with Gasteiger partial charge in [-0.25, -0.2) is 9.59 Å². The van der Waals surface area contributed by atoms with Crippen molar-refractivity contribution in [2.45, 2.75) is 55.8 Å². The molecule has 8 N–H and O–H groups in total. The predicted octanol–water partition coefficient (Wildman–Crippen LogP) is -5.27. The summed E-state index contributed by atoms with van der Waals surface area (Å²) in [4.78, 5) is 32.3. The number of carboxylic acids is 1. The van der Waals surface area contributed by atoms with E-state index in [2.05, 4.69) is 4.74 Å². The number of hydrogen-bond acceptors (Lipinski definition) is 11. The van der Waals surface area contributed by atoms with Gasteiger partial charge >= 0.3 is 11.9 Å². The second kappa shape index (κ2) is 9.58. The molecule has 0 saturated carbocycles. The summed E-state index contributed by atoms with van der Waals surface area (Å²) in [7, 11) is 0. The van der Waals surface area contributed by atoms with Gasteiger partial charge in [-0.2, -0.15) is 0 Å². The van der Waals surface area contributed by atoms with Crippen molar-refractivity contribution < 1.29 is 60.0 Å². The Morgan fingerprint density at radius 1 is 0.833 bits per heavy atom. The minimum atomic E-state index is -2.49. The van der Waals surface area contributed by atoms with Gasteiger partial charge in [-0.05, 0) is 6.92 Å². The predicted molar refractivity (Wildman–Crippen MR) is 71.3 cm³/mol. The molecule has 12 nitrogen and oxygen atoms in total. The third-order valence-electron chi connectivity index (χ3n) is 3.11. The van der Waals surface area contributed by atoms with E-state index in [1.807, 2.05) is 0 Å². The lowest BCUT2D eigenvalue weighted by Gasteiger charge is -2.27. The molecular formula is C12H20O12. The molecule has 0 aromatic heterocycles. The molecule has 0 unspecified atom stereocenters. The molecule has 0 heterocycles. The zero-order valence-corrected chi connectivity index (χ0v) is 12.4. The van der Waals surface area contributed by atoms with Crippen LogP contribution in [0, 0.1) is 0 Å². The Labute approximate surface area is 135 Å². The summed E-state index contributed by atoms with van der Waals surface area (Å²) in [5, 5.41) is 73.7. The van der Waals surface area contributed by atoms with Crippen molar-refractivity contribution >= 4 is 18.2 Å². The first kappa shape index (κ1) is 22.3. The molecule has 0 rings (SSSR count). The highest BCUT2D eigenvalue weighted by Gasteiger charge is 2.39. The summed E-state index contributed by atoms with van der Waals surface area (Å²) in [5.74, 6) is -3.55. The van der Waals surface area contributed by atoms with Crippen LogP contribution in [0.2, 0.25) is 0 Å². The van der Waals surface area contributed by atoms with Crippen LogP contribution in [-0.4, -0.2) is 108 Å². The smallest absolute Gasteiger partial charge is 0.338 e. The van der Waals surface area contributed by atoms with Crippen molar-refractivity contribution in [3.05, 3.63) is 0 Å². The van der Waals surface area contributed by atoms with Gasteiger partial charge < -0.3 is 50.4 Å². The molecule has 24 heavy (non-hydrogen) atoms. The highest BCUT2D eigenvalue weighted by molar-refractivity contribution is 5.76. The van der Waals surface area contributed by atoms with Crippen LogP contribution in [-0.2, 0) is 19.1 Å². The fourth-order valence-electron chi connectivity index (χ4n) is 1.54. The number of rotatable bonds is 10. The number of carbonyl (C=O) groups excluding carboxylic acids is 2. The van der Waals surface area contributed by atoms with E-state index in [9.17, 15) is 39.9 Å². The van der Waals surface area contributed by atoms with E-state index in [4.69, 9.17) is 15.3 Å². The number of hydrogen-bond donors (Lipinski definition) is 8. The molecule has 140 valence electrons. The number of carbonyl (C=O) groups is 3. The highest BCUT2D eigenvalue weighted by atomic mass is 16.6. The molecule has 8 atom stereocenters. The SMILES string of the molecule is C[C@H](OC(=O)[C@H](O)[C@@H](O)[C@H](O)[C@H](O)C(=O)O)[C@@H](O)[C@@H](O)[C@H](O)C=O. The number of carboxylic acid groups (broad SMARTS) is 1. The lowest BCUT2D eigenvalue weighted by molar-refractivity contribution is -0.186. The van der Waals surface area contributed by atoms with Crippen molar-refractivity contribution in [3.8, 4) is 0 Å². The average Bonchev–Trinajstić information content (AvgIpc) is 2.56. The largest absolute Gasteiger partial charge is 0.479 e. The van der Waals surface area contributed by atoms with Gasteiger partial charge in [0.25, 0.3) is 0 Å². The Kier molecular flexibility index (Phi) is 8.92. The van der Waals surface area contributed by atoms with Crippen molar-refractivity contribution in [1.29, 1.82) is 0 Å². The summed E-state index contributed by atoms with van der Waals surface area (Å²) < 4.78 is 4.48. The van der Waals surface area contributed by atoms with Crippen molar-refractivity contribution in [2.75, 3.05) is 0 Å². The number of aldehydes is 1. The first-order valence-electron chi connectivity index (χ1n) is 6.60. The molecule has 0 aliphatic carbocycles. The topological polar surface area (TPSA) is 222 Å². The molecule has 0 fully saturated rings. The van der Waals surface area contributed by atoms with Gasteiger partial charge in [0, 0.05) is 0 Å². The summed E-state index contributed by atoms with van der Waals surface area (Å²) >= 11 is 0. The molecule has 0 spiro atoms. The molecule has 0 radical (unpaired) electrons. The van der Waals surface area contributed by atoms with Crippen LogP contribution in [0.5, 0.6) is 0 Å². The lowest BCUT2D eigenvalue weighted by Crippen LogP contribution is -2.52. The van der Waals surface area contributed by atoms with Gasteiger partial charge in [0.1, 0.15) is 36.6 Å². The Morgan fingerprint density at radius 3 is 1.71 bits per heavy atom. The molecule has 0 aromatic carbocycles. The van der Waals surface area contributed by atoms with Gasteiger partial charge in [-0.3, -0.25) is 0 Å². The van der Waals surface area contributed by atoms with Crippen LogP contribution in [0.3, 0.4) is 0 Å². The maximum atomic E-state index is 11.6. The first-order chi connectivity index (χ1) is 10.9. The molecule has 0 aliphatic heterocycles. The van der Waals surface area contributed by atoms with Gasteiger partial charge in [0.2, 0.25) is 0 Å². The highest BCUT2D eigenvalue weighted by Crippen LogP contribution is 2.12. The van der Waals surface area contributed by atoms with E-state index in [0.29, 0.717) is 0 Å². The van der Waals surface area contributed by atoms with Crippen LogP contribution in [0.4, 0.5) is 0 Å². The molecule has 0 saturated heterocycles. The minimum Gasteiger partial charge on any atom is -0.479 e. The van der Waals surface area contributed by atoms with E-state index in [1.165, 1.54) is 0 Å². The van der Waals surface area contributed by atoms with Crippen LogP contribution < -0.4 is 0 Å². The number of esters is 1. The second-order valence-electron chi connectivity index (χ2n) is 4.96. The van der Waals surface area contributed by atoms with E-state index >= 15 is 0 Å². The van der Waals surface area contributed by atoms with Gasteiger partial charge in [-0.1, -0.05) is 0 Å². The second-order valence-corrected chi connectivity index (χ2v) is 4.96. The maximum Gasteiger partial charge on any atom is 0.338 e. The number of ether oxygens (including phenoxy) is 1. The third kappa shape index (κ3) is 5.76. The Balaban J connectivity index is 4.79. The zero-order chi connectivity index (χ0) is 19.2. The summed E-state index contributed by atoms with van der Waals surface area (Å²) in [5.41, 5.74) is 0. The molecule has 0 aromatic rings. The minimum absolute atomic E-state index is 0.0787. The molecule has 0 amide bonds. The Morgan fingerprint density at radius 2 is 1.29 bits per heavy atom. The normalized spacial score (nSPS) is 21.5. The average molecular weight is 356 g/mol. The van der Waals surface area contributed by atoms with E-state index in [-0.39, 0.29) is 6.29 Å². The van der Waals surface area contributed by atoms with Crippen LogP contribution in [0.25, 0.3) is 0 Å². The standard InChI is InChI=1S/C12H20O12/c1-3(5(15)6(16)4(14)2-13)24-12(23)10(20)8(18)7(17)9(19)11(21)22/h2-10,14-20H,1H3,(H,21,22)/t3-,4+,5+,6-,7-,8-,9-,10+/m0/s1. The van der Waals surface area contributed by atoms with Gasteiger partial charge in [-0.15, -0.1) is 0 Å². The number of aliphatic hydroxyl groups excluding tert-OH is 7. The van der Waals surface area contributed by atoms with Gasteiger partial charge in [0.15, 0.2) is 18.5 Å². The fourth-order valence-corrected chi connectivity index (χ4v) is 1.54. The number of aliphatic hydroxyl groups is 7. The lowest BCUT2D eigenvalue weighted by atomic mass is 10.0. The van der Waals surface area contributed by atoms with Gasteiger partial charge in [0.05, 0.1) is 0 Å². The first-order valence-corrected chi connectivity index (χ1v) is 6.60. The van der Waals surface area contributed by atoms with Crippen molar-refractivity contribution in [3.63, 3.8) is 0 Å². The van der Waals surface area contributed by atoms with Crippen LogP contribution in [0.15, 0.2) is 0 Å². The van der Waals surface area contributed by atoms with E-state index in [1.54, 1.807) is 0 Å². The zero-order valence-electron chi connectivity index (χ0n) is 12.4. The van der Waals surface area contributed by atoms with Crippen LogP contribution in [0.1, 0.15) is 6.92 Å². The maximum absolute atomic E-state index is 11.6. The number of aliphatic carboxylic acids is 1. The Hall–Kier alpha value is -1.67. The molecule has 12 heteroatoms. The van der Waals surface area contributed by atoms with Crippen LogP contribution >= 0.6 is 0 Å². The Bertz CT molecular complexity index is 440. The van der Waals surface area contributed by atoms with Crippen molar-refractivity contribution in [1.82, 2.24) is 0 Å². The molecule has 0 aliphatic rings. The summed E-state index contributed by atoms with van der Waals surface area (Å²) in [6, 6.07) is 0. The fraction of sp³-hybridized carbons (Fsp3) is 0.750. The van der Waals surface area contributed by atoms with Crippen molar-refractivity contribution in [2.24, 2.45) is 0 Å². The monoisotopic (exact) mass is 356 g/mol. The third-order valence-corrected chi connectivity index (χ3v) is 3.11. The quantitative estimate of drug-likeness (QED) is 0.136. The van der Waals surface area contributed by atoms with E-state index in [0.717, 1.165) is 6.92 Å². The summed E-state index contributed by atoms with van der Waals surface area (Å²) in [6.07, 6.45) is -17.4. The molecular weight excluding hydrogens is 336 g/mol. The molecule has 0 bridgehead atoms. The van der Waals surface area contributed by atoms with E-state index < -0.39 is 60.8 Å².